The SMILES string of the molecule is CN1Cc2nc3sc4c(c3c(=O)n2[C@H]2CCC[C@H]2C1=O)CCC(F)C4. The van der Waals surface area contributed by atoms with Crippen LogP contribution < -0.4 is 5.56 Å². The van der Waals surface area contributed by atoms with Crippen molar-refractivity contribution in [3.63, 3.8) is 0 Å². The Hall–Kier alpha value is -1.76. The lowest BCUT2D eigenvalue weighted by atomic mass is 9.95. The number of halogens is 1. The summed E-state index contributed by atoms with van der Waals surface area (Å²) in [4.78, 5) is 34.2. The minimum atomic E-state index is -0.816. The third-order valence-corrected chi connectivity index (χ3v) is 7.16. The predicted octanol–water partition coefficient (Wildman–Crippen LogP) is 2.60. The molecule has 0 aromatic carbocycles. The molecule has 0 spiro atoms. The molecule has 5 nitrogen and oxygen atoms in total. The third kappa shape index (κ3) is 2.14. The Balaban J connectivity index is 1.77. The number of hydrogen-bond acceptors (Lipinski definition) is 4. The summed E-state index contributed by atoms with van der Waals surface area (Å²) >= 11 is 1.46. The van der Waals surface area contributed by atoms with Crippen LogP contribution in [-0.4, -0.2) is 33.6 Å². The van der Waals surface area contributed by atoms with Crippen LogP contribution in [0.4, 0.5) is 4.39 Å². The van der Waals surface area contributed by atoms with E-state index in [9.17, 15) is 14.0 Å². The Morgan fingerprint density at radius 2 is 2.08 bits per heavy atom. The average molecular weight is 361 g/mol. The summed E-state index contributed by atoms with van der Waals surface area (Å²) in [5.74, 6) is 0.684. The molecule has 0 radical (unpaired) electrons. The van der Waals surface area contributed by atoms with Crippen molar-refractivity contribution in [3.05, 3.63) is 26.6 Å². The van der Waals surface area contributed by atoms with Gasteiger partial charge in [-0.3, -0.25) is 14.2 Å². The smallest absolute Gasteiger partial charge is 0.262 e. The number of carbonyl (C=O) groups excluding carboxylic acids is 1. The molecule has 132 valence electrons. The minimum Gasteiger partial charge on any atom is -0.338 e. The van der Waals surface area contributed by atoms with Gasteiger partial charge in [0.1, 0.15) is 16.8 Å². The zero-order valence-electron chi connectivity index (χ0n) is 14.1. The van der Waals surface area contributed by atoms with Gasteiger partial charge in [0.15, 0.2) is 0 Å². The van der Waals surface area contributed by atoms with Crippen molar-refractivity contribution in [1.82, 2.24) is 14.5 Å². The van der Waals surface area contributed by atoms with E-state index in [0.717, 1.165) is 29.7 Å². The number of carbonyl (C=O) groups is 1. The molecule has 2 aliphatic carbocycles. The molecule has 1 aliphatic heterocycles. The molecule has 1 amide bonds. The molecule has 0 N–H and O–H groups in total. The molecule has 5 rings (SSSR count). The normalized spacial score (nSPS) is 28.6. The second kappa shape index (κ2) is 5.37. The fourth-order valence-electron chi connectivity index (χ4n) is 4.80. The molecular formula is C18H20FN3O2S. The molecule has 2 aromatic heterocycles. The highest BCUT2D eigenvalue weighted by Gasteiger charge is 2.41. The maximum atomic E-state index is 13.8. The fraction of sp³-hybridized carbons (Fsp3) is 0.611. The van der Waals surface area contributed by atoms with Crippen molar-refractivity contribution < 1.29 is 9.18 Å². The Labute approximate surface area is 148 Å². The molecule has 3 aliphatic rings. The summed E-state index contributed by atoms with van der Waals surface area (Å²) in [6.07, 6.45) is 3.32. The molecule has 0 bridgehead atoms. The first kappa shape index (κ1) is 15.5. The topological polar surface area (TPSA) is 55.2 Å². The molecular weight excluding hydrogens is 341 g/mol. The van der Waals surface area contributed by atoms with E-state index in [1.807, 2.05) is 0 Å². The van der Waals surface area contributed by atoms with Crippen LogP contribution in [0.15, 0.2) is 4.79 Å². The summed E-state index contributed by atoms with van der Waals surface area (Å²) in [6, 6.07) is -0.0788. The van der Waals surface area contributed by atoms with Gasteiger partial charge < -0.3 is 4.90 Å². The second-order valence-corrected chi connectivity index (χ2v) is 8.61. The lowest BCUT2D eigenvalue weighted by Crippen LogP contribution is -2.32. The van der Waals surface area contributed by atoms with Gasteiger partial charge in [-0.05, 0) is 31.2 Å². The fourth-order valence-corrected chi connectivity index (χ4v) is 6.09. The largest absolute Gasteiger partial charge is 0.338 e. The summed E-state index contributed by atoms with van der Waals surface area (Å²) in [6.45, 7) is 0.366. The Kier molecular flexibility index (Phi) is 3.33. The van der Waals surface area contributed by atoms with Crippen LogP contribution >= 0.6 is 11.3 Å². The first-order valence-corrected chi connectivity index (χ1v) is 9.81. The number of nitrogens with zero attached hydrogens (tertiary/aromatic N) is 3. The van der Waals surface area contributed by atoms with Crippen LogP contribution in [0.3, 0.4) is 0 Å². The number of thiophene rings is 1. The van der Waals surface area contributed by atoms with Crippen LogP contribution in [0.5, 0.6) is 0 Å². The van der Waals surface area contributed by atoms with Crippen molar-refractivity contribution >= 4 is 27.5 Å². The Morgan fingerprint density at radius 1 is 1.24 bits per heavy atom. The lowest BCUT2D eigenvalue weighted by Gasteiger charge is -2.20. The molecule has 25 heavy (non-hydrogen) atoms. The monoisotopic (exact) mass is 361 g/mol. The van der Waals surface area contributed by atoms with Crippen molar-refractivity contribution in [2.24, 2.45) is 5.92 Å². The maximum Gasteiger partial charge on any atom is 0.262 e. The number of aromatic nitrogens is 2. The van der Waals surface area contributed by atoms with Crippen molar-refractivity contribution in [2.45, 2.75) is 57.3 Å². The third-order valence-electron chi connectivity index (χ3n) is 6.01. The highest BCUT2D eigenvalue weighted by Crippen LogP contribution is 2.40. The van der Waals surface area contributed by atoms with Gasteiger partial charge in [-0.25, -0.2) is 9.37 Å². The molecule has 0 saturated heterocycles. The summed E-state index contributed by atoms with van der Waals surface area (Å²) in [5, 5.41) is 0.679. The van der Waals surface area contributed by atoms with Crippen LogP contribution in [0.25, 0.3) is 10.2 Å². The second-order valence-electron chi connectivity index (χ2n) is 7.53. The Morgan fingerprint density at radius 3 is 2.92 bits per heavy atom. The van der Waals surface area contributed by atoms with E-state index in [1.54, 1.807) is 16.5 Å². The molecule has 3 heterocycles. The van der Waals surface area contributed by atoms with Gasteiger partial charge in [-0.2, -0.15) is 0 Å². The molecule has 3 atom stereocenters. The predicted molar refractivity (Wildman–Crippen MR) is 93.7 cm³/mol. The van der Waals surface area contributed by atoms with Crippen molar-refractivity contribution in [1.29, 1.82) is 0 Å². The summed E-state index contributed by atoms with van der Waals surface area (Å²) in [5.41, 5.74) is 0.981. The van der Waals surface area contributed by atoms with E-state index in [4.69, 9.17) is 4.98 Å². The van der Waals surface area contributed by atoms with Gasteiger partial charge in [0.2, 0.25) is 5.91 Å². The number of hydrogen-bond donors (Lipinski definition) is 0. The van der Waals surface area contributed by atoms with Gasteiger partial charge >= 0.3 is 0 Å². The lowest BCUT2D eigenvalue weighted by molar-refractivity contribution is -0.134. The zero-order valence-corrected chi connectivity index (χ0v) is 14.9. The van der Waals surface area contributed by atoms with E-state index in [-0.39, 0.29) is 23.4 Å². The highest BCUT2D eigenvalue weighted by atomic mass is 32.1. The summed E-state index contributed by atoms with van der Waals surface area (Å²) < 4.78 is 15.6. The molecule has 1 unspecified atom stereocenters. The number of aryl methyl sites for hydroxylation is 1. The average Bonchev–Trinajstić information content (AvgIpc) is 3.15. The minimum absolute atomic E-state index is 0.0187. The molecule has 2 aromatic rings. The Bertz CT molecular complexity index is 950. The van der Waals surface area contributed by atoms with Gasteiger partial charge in [0.05, 0.1) is 23.9 Å². The standard InChI is InChI=1S/C18H20FN3O2S/c1-21-8-14-20-16-15(11-6-5-9(19)7-13(11)25-16)18(24)22(14)12-4-2-3-10(12)17(21)23/h9-10,12H,2-8H2,1H3/t9?,10-,12+/m1/s1. The molecule has 1 fully saturated rings. The first-order chi connectivity index (χ1) is 12.0. The number of amides is 1. The number of alkyl halides is 1. The van der Waals surface area contributed by atoms with E-state index in [0.29, 0.717) is 41.8 Å². The van der Waals surface area contributed by atoms with Crippen LogP contribution in [0.2, 0.25) is 0 Å². The molecule has 1 saturated carbocycles. The van der Waals surface area contributed by atoms with E-state index >= 15 is 0 Å². The van der Waals surface area contributed by atoms with Crippen molar-refractivity contribution in [3.8, 4) is 0 Å². The van der Waals surface area contributed by atoms with Crippen molar-refractivity contribution in [2.75, 3.05) is 7.05 Å². The number of rotatable bonds is 0. The number of fused-ring (bicyclic) bond motifs is 6. The molecule has 7 heteroatoms. The quantitative estimate of drug-likeness (QED) is 0.725. The van der Waals surface area contributed by atoms with E-state index < -0.39 is 6.17 Å². The van der Waals surface area contributed by atoms with Crippen LogP contribution in [-0.2, 0) is 24.2 Å². The van der Waals surface area contributed by atoms with Gasteiger partial charge in [0.25, 0.3) is 5.56 Å². The summed E-state index contributed by atoms with van der Waals surface area (Å²) in [7, 11) is 1.79. The van der Waals surface area contributed by atoms with Crippen LogP contribution in [0.1, 0.15) is 48.0 Å². The van der Waals surface area contributed by atoms with Gasteiger partial charge in [-0.15, -0.1) is 11.3 Å². The van der Waals surface area contributed by atoms with E-state index in [1.165, 1.54) is 11.3 Å². The zero-order chi connectivity index (χ0) is 17.3. The maximum absolute atomic E-state index is 13.8. The van der Waals surface area contributed by atoms with E-state index in [2.05, 4.69) is 0 Å². The van der Waals surface area contributed by atoms with Gasteiger partial charge in [0, 0.05) is 18.3 Å². The highest BCUT2D eigenvalue weighted by molar-refractivity contribution is 7.18. The first-order valence-electron chi connectivity index (χ1n) is 8.99. The van der Waals surface area contributed by atoms with Gasteiger partial charge in [-0.1, -0.05) is 6.42 Å². The van der Waals surface area contributed by atoms with Crippen LogP contribution in [0, 0.1) is 5.92 Å².